The van der Waals surface area contributed by atoms with Crippen molar-refractivity contribution in [3.05, 3.63) is 41.9 Å². The third kappa shape index (κ3) is 3.87. The van der Waals surface area contributed by atoms with Crippen LogP contribution in [0.4, 0.5) is 4.39 Å². The molecule has 1 aliphatic rings. The van der Waals surface area contributed by atoms with Crippen LogP contribution in [0.5, 0.6) is 0 Å². The van der Waals surface area contributed by atoms with Gasteiger partial charge in [0.1, 0.15) is 11.5 Å². The zero-order valence-electron chi connectivity index (χ0n) is 13.9. The third-order valence-electron chi connectivity index (χ3n) is 4.19. The molecule has 3 rings (SSSR count). The van der Waals surface area contributed by atoms with E-state index in [1.54, 1.807) is 24.0 Å². The predicted octanol–water partition coefficient (Wildman–Crippen LogP) is 2.90. The van der Waals surface area contributed by atoms with Crippen molar-refractivity contribution in [1.29, 1.82) is 0 Å². The van der Waals surface area contributed by atoms with Gasteiger partial charge in [0.25, 0.3) is 5.91 Å². The van der Waals surface area contributed by atoms with Gasteiger partial charge in [0.15, 0.2) is 0 Å². The lowest BCUT2D eigenvalue weighted by Crippen LogP contribution is -2.42. The van der Waals surface area contributed by atoms with Gasteiger partial charge in [-0.2, -0.15) is 0 Å². The average molecular weight is 346 g/mol. The molecule has 0 N–H and O–H groups in total. The number of hydrogen-bond donors (Lipinski definition) is 0. The van der Waals surface area contributed by atoms with E-state index in [0.29, 0.717) is 37.4 Å². The average Bonchev–Trinajstić information content (AvgIpc) is 3.12. The van der Waals surface area contributed by atoms with Crippen LogP contribution in [0.25, 0.3) is 11.3 Å². The molecule has 0 spiro atoms. The summed E-state index contributed by atoms with van der Waals surface area (Å²) in [7, 11) is 0. The molecule has 0 saturated carbocycles. The van der Waals surface area contributed by atoms with Crippen LogP contribution in [-0.2, 0) is 9.53 Å². The van der Waals surface area contributed by atoms with Crippen LogP contribution in [0.2, 0.25) is 0 Å². The van der Waals surface area contributed by atoms with Gasteiger partial charge >= 0.3 is 5.97 Å². The number of carbonyl (C=O) groups excluding carboxylic acids is 2. The fourth-order valence-corrected chi connectivity index (χ4v) is 2.90. The van der Waals surface area contributed by atoms with E-state index in [9.17, 15) is 14.0 Å². The molecule has 1 saturated heterocycles. The number of amides is 1. The number of aromatic nitrogens is 1. The minimum Gasteiger partial charge on any atom is -0.466 e. The van der Waals surface area contributed by atoms with Crippen molar-refractivity contribution >= 4 is 11.9 Å². The number of esters is 1. The van der Waals surface area contributed by atoms with Gasteiger partial charge in [-0.25, -0.2) is 4.39 Å². The van der Waals surface area contributed by atoms with Crippen LogP contribution in [-0.4, -0.2) is 41.6 Å². The van der Waals surface area contributed by atoms with Gasteiger partial charge in [0.05, 0.1) is 12.5 Å². The first kappa shape index (κ1) is 17.1. The lowest BCUT2D eigenvalue weighted by Gasteiger charge is -2.30. The van der Waals surface area contributed by atoms with Crippen molar-refractivity contribution in [2.24, 2.45) is 5.92 Å². The molecule has 25 heavy (non-hydrogen) atoms. The summed E-state index contributed by atoms with van der Waals surface area (Å²) in [6.07, 6.45) is 1.44. The molecule has 1 aromatic carbocycles. The number of hydrogen-bond acceptors (Lipinski definition) is 5. The molecule has 1 aromatic heterocycles. The van der Waals surface area contributed by atoms with Crippen LogP contribution >= 0.6 is 0 Å². The monoisotopic (exact) mass is 346 g/mol. The molecule has 6 nitrogen and oxygen atoms in total. The molecule has 1 amide bonds. The molecular weight excluding hydrogens is 327 g/mol. The minimum atomic E-state index is -0.345. The number of piperidine rings is 1. The second kappa shape index (κ2) is 7.46. The van der Waals surface area contributed by atoms with Crippen molar-refractivity contribution in [1.82, 2.24) is 10.1 Å². The number of likely N-dealkylation sites (tertiary alicyclic amines) is 1. The summed E-state index contributed by atoms with van der Waals surface area (Å²) in [5.41, 5.74) is 1.12. The topological polar surface area (TPSA) is 72.6 Å². The largest absolute Gasteiger partial charge is 0.466 e. The van der Waals surface area contributed by atoms with Gasteiger partial charge in [0, 0.05) is 24.7 Å². The highest BCUT2D eigenvalue weighted by Gasteiger charge is 2.31. The molecule has 0 aliphatic carbocycles. The Balaban J connectivity index is 1.70. The lowest BCUT2D eigenvalue weighted by molar-refractivity contribution is -0.149. The first-order chi connectivity index (χ1) is 12.1. The molecule has 132 valence electrons. The number of nitrogens with zero attached hydrogens (tertiary/aromatic N) is 2. The summed E-state index contributed by atoms with van der Waals surface area (Å²) in [6, 6.07) is 7.31. The van der Waals surface area contributed by atoms with E-state index in [1.807, 2.05) is 0 Å². The second-order valence-corrected chi connectivity index (χ2v) is 5.93. The molecule has 0 unspecified atom stereocenters. The summed E-state index contributed by atoms with van der Waals surface area (Å²) in [5, 5.41) is 3.88. The summed E-state index contributed by atoms with van der Waals surface area (Å²) < 4.78 is 23.2. The summed E-state index contributed by atoms with van der Waals surface area (Å²) >= 11 is 0. The van der Waals surface area contributed by atoms with Crippen molar-refractivity contribution in [2.75, 3.05) is 19.7 Å². The maximum atomic E-state index is 13.0. The Morgan fingerprint density at radius 2 is 2.12 bits per heavy atom. The second-order valence-electron chi connectivity index (χ2n) is 5.93. The van der Waals surface area contributed by atoms with Gasteiger partial charge < -0.3 is 14.2 Å². The summed E-state index contributed by atoms with van der Waals surface area (Å²) in [4.78, 5) is 26.1. The fraction of sp³-hybridized carbons (Fsp3) is 0.389. The van der Waals surface area contributed by atoms with Crippen LogP contribution in [0, 0.1) is 11.7 Å². The van der Waals surface area contributed by atoms with Crippen molar-refractivity contribution in [2.45, 2.75) is 19.8 Å². The minimum absolute atomic E-state index is 0.101. The lowest BCUT2D eigenvalue weighted by atomic mass is 9.98. The molecule has 2 heterocycles. The Kier molecular flexibility index (Phi) is 5.11. The molecule has 1 fully saturated rings. The van der Waals surface area contributed by atoms with E-state index in [-0.39, 0.29) is 29.4 Å². The SMILES string of the molecule is CCOC(=O)[C@@H]1CCCN(C(=O)c2cc(-c3ccc(F)cc3)no2)C1. The Bertz CT molecular complexity index is 757. The van der Waals surface area contributed by atoms with E-state index >= 15 is 0 Å². The standard InChI is InChI=1S/C18H19FN2O4/c1-2-24-18(23)13-4-3-9-21(11-13)17(22)16-10-15(20-25-16)12-5-7-14(19)8-6-12/h5-8,10,13H,2-4,9,11H2,1H3/t13-/m1/s1. The number of carbonyl (C=O) groups is 2. The van der Waals surface area contributed by atoms with Gasteiger partial charge in [-0.05, 0) is 44.0 Å². The van der Waals surface area contributed by atoms with Crippen molar-refractivity contribution < 1.29 is 23.2 Å². The number of rotatable bonds is 4. The Morgan fingerprint density at radius 3 is 2.84 bits per heavy atom. The van der Waals surface area contributed by atoms with Crippen LogP contribution < -0.4 is 0 Å². The normalized spacial score (nSPS) is 17.4. The molecule has 0 bridgehead atoms. The Hall–Kier alpha value is -2.70. The number of halogens is 1. The maximum Gasteiger partial charge on any atom is 0.310 e. The summed E-state index contributed by atoms with van der Waals surface area (Å²) in [5.74, 6) is -1.14. The van der Waals surface area contributed by atoms with Crippen LogP contribution in [0.1, 0.15) is 30.3 Å². The van der Waals surface area contributed by atoms with Crippen LogP contribution in [0.15, 0.2) is 34.9 Å². The molecular formula is C18H19FN2O4. The molecule has 1 aliphatic heterocycles. The molecule has 0 radical (unpaired) electrons. The number of benzene rings is 1. The van der Waals surface area contributed by atoms with Crippen molar-refractivity contribution in [3.8, 4) is 11.3 Å². The molecule has 7 heteroatoms. The first-order valence-electron chi connectivity index (χ1n) is 8.27. The van der Waals surface area contributed by atoms with Crippen LogP contribution in [0.3, 0.4) is 0 Å². The molecule has 1 atom stereocenters. The number of ether oxygens (including phenoxy) is 1. The van der Waals surface area contributed by atoms with E-state index in [0.717, 1.165) is 6.42 Å². The Labute approximate surface area is 144 Å². The highest BCUT2D eigenvalue weighted by atomic mass is 19.1. The predicted molar refractivity (Wildman–Crippen MR) is 87.2 cm³/mol. The van der Waals surface area contributed by atoms with E-state index in [1.165, 1.54) is 18.2 Å². The quantitative estimate of drug-likeness (QED) is 0.796. The van der Waals surface area contributed by atoms with Gasteiger partial charge in [-0.15, -0.1) is 0 Å². The third-order valence-corrected chi connectivity index (χ3v) is 4.19. The highest BCUT2D eigenvalue weighted by molar-refractivity contribution is 5.92. The molecule has 2 aromatic rings. The fourth-order valence-electron chi connectivity index (χ4n) is 2.90. The van der Waals surface area contributed by atoms with E-state index in [4.69, 9.17) is 9.26 Å². The van der Waals surface area contributed by atoms with E-state index in [2.05, 4.69) is 5.16 Å². The smallest absolute Gasteiger partial charge is 0.310 e. The summed E-state index contributed by atoms with van der Waals surface area (Å²) in [6.45, 7) is 2.95. The van der Waals surface area contributed by atoms with Crippen molar-refractivity contribution in [3.63, 3.8) is 0 Å². The van der Waals surface area contributed by atoms with Gasteiger partial charge in [0.2, 0.25) is 5.76 Å². The maximum absolute atomic E-state index is 13.0. The van der Waals surface area contributed by atoms with Gasteiger partial charge in [-0.3, -0.25) is 9.59 Å². The Morgan fingerprint density at radius 1 is 1.36 bits per heavy atom. The van der Waals surface area contributed by atoms with Gasteiger partial charge in [-0.1, -0.05) is 5.16 Å². The zero-order chi connectivity index (χ0) is 17.8. The highest BCUT2D eigenvalue weighted by Crippen LogP contribution is 2.23. The van der Waals surface area contributed by atoms with E-state index < -0.39 is 0 Å². The zero-order valence-corrected chi connectivity index (χ0v) is 13.9. The first-order valence-corrected chi connectivity index (χ1v) is 8.27.